The molecule has 29 heavy (non-hydrogen) atoms. The number of ether oxygens (including phenoxy) is 1. The summed E-state index contributed by atoms with van der Waals surface area (Å²) in [5.41, 5.74) is 4.01. The Kier molecular flexibility index (Phi) is 5.20. The number of amides is 1. The number of aromatic nitrogens is 2. The first kappa shape index (κ1) is 18.6. The van der Waals surface area contributed by atoms with E-state index in [1.165, 1.54) is 0 Å². The first-order valence-corrected chi connectivity index (χ1v) is 9.40. The fourth-order valence-corrected chi connectivity index (χ4v) is 3.26. The number of rotatable bonds is 5. The molecule has 0 fully saturated rings. The fraction of sp³-hybridized carbons (Fsp3) is 0.125. The molecule has 1 atom stereocenters. The van der Waals surface area contributed by atoms with Crippen LogP contribution in [0.4, 0.5) is 0 Å². The van der Waals surface area contributed by atoms with Crippen molar-refractivity contribution in [2.45, 2.75) is 13.0 Å². The minimum atomic E-state index is -0.161. The maximum absolute atomic E-state index is 13.2. The van der Waals surface area contributed by atoms with Crippen LogP contribution in [0.5, 0.6) is 5.75 Å². The van der Waals surface area contributed by atoms with Crippen molar-refractivity contribution in [3.8, 4) is 17.0 Å². The third kappa shape index (κ3) is 3.94. The first-order valence-electron chi connectivity index (χ1n) is 9.40. The van der Waals surface area contributed by atoms with E-state index in [-0.39, 0.29) is 11.9 Å². The highest BCUT2D eigenvalue weighted by Gasteiger charge is 2.17. The van der Waals surface area contributed by atoms with Gasteiger partial charge in [0.25, 0.3) is 5.91 Å². The Bertz CT molecular complexity index is 1140. The Morgan fingerprint density at radius 3 is 2.52 bits per heavy atom. The van der Waals surface area contributed by atoms with Gasteiger partial charge in [-0.3, -0.25) is 9.78 Å². The summed E-state index contributed by atoms with van der Waals surface area (Å²) >= 11 is 0. The summed E-state index contributed by atoms with van der Waals surface area (Å²) in [5, 5.41) is 3.81. The van der Waals surface area contributed by atoms with Gasteiger partial charge < -0.3 is 10.1 Å². The van der Waals surface area contributed by atoms with Crippen LogP contribution in [0.2, 0.25) is 0 Å². The Morgan fingerprint density at radius 2 is 1.79 bits per heavy atom. The average Bonchev–Trinajstić information content (AvgIpc) is 2.78. The number of nitrogens with one attached hydrogen (secondary N) is 1. The number of fused-ring (bicyclic) bond motifs is 1. The van der Waals surface area contributed by atoms with Gasteiger partial charge in [0, 0.05) is 23.3 Å². The molecule has 4 aromatic rings. The molecular formula is C24H21N3O2. The van der Waals surface area contributed by atoms with Crippen LogP contribution in [0.1, 0.15) is 28.9 Å². The molecule has 1 amide bonds. The number of carbonyl (C=O) groups is 1. The third-order valence-corrected chi connectivity index (χ3v) is 4.89. The zero-order valence-electron chi connectivity index (χ0n) is 16.3. The highest BCUT2D eigenvalue weighted by molar-refractivity contribution is 6.07. The van der Waals surface area contributed by atoms with Crippen molar-refractivity contribution >= 4 is 16.8 Å². The van der Waals surface area contributed by atoms with E-state index in [1.54, 1.807) is 19.5 Å². The second-order valence-electron chi connectivity index (χ2n) is 6.78. The number of hydrogen-bond acceptors (Lipinski definition) is 4. The second-order valence-corrected chi connectivity index (χ2v) is 6.78. The van der Waals surface area contributed by atoms with E-state index in [2.05, 4.69) is 10.3 Å². The molecule has 1 unspecified atom stereocenters. The van der Waals surface area contributed by atoms with Crippen LogP contribution in [0, 0.1) is 0 Å². The van der Waals surface area contributed by atoms with Crippen LogP contribution in [0.15, 0.2) is 79.1 Å². The molecule has 0 spiro atoms. The van der Waals surface area contributed by atoms with Gasteiger partial charge in [0.2, 0.25) is 0 Å². The molecule has 0 aliphatic rings. The molecule has 0 aliphatic carbocycles. The Morgan fingerprint density at radius 1 is 1.03 bits per heavy atom. The Hall–Kier alpha value is -3.73. The summed E-state index contributed by atoms with van der Waals surface area (Å²) in [4.78, 5) is 22.0. The molecule has 1 N–H and O–H groups in total. The molecular weight excluding hydrogens is 362 g/mol. The van der Waals surface area contributed by atoms with Crippen LogP contribution in [0.25, 0.3) is 22.2 Å². The summed E-state index contributed by atoms with van der Waals surface area (Å²) in [6, 6.07) is 21.0. The Balaban J connectivity index is 1.69. The van der Waals surface area contributed by atoms with Gasteiger partial charge >= 0.3 is 0 Å². The average molecular weight is 383 g/mol. The van der Waals surface area contributed by atoms with Crippen molar-refractivity contribution in [3.63, 3.8) is 0 Å². The minimum absolute atomic E-state index is 0.159. The number of methoxy groups -OCH3 is 1. The van der Waals surface area contributed by atoms with Crippen LogP contribution >= 0.6 is 0 Å². The van der Waals surface area contributed by atoms with Gasteiger partial charge in [0.05, 0.1) is 29.9 Å². The van der Waals surface area contributed by atoms with E-state index in [1.807, 2.05) is 73.7 Å². The van der Waals surface area contributed by atoms with Gasteiger partial charge in [-0.15, -0.1) is 0 Å². The largest absolute Gasteiger partial charge is 0.497 e. The molecule has 0 aliphatic heterocycles. The Labute approximate surface area is 169 Å². The molecule has 2 aromatic carbocycles. The van der Waals surface area contributed by atoms with Gasteiger partial charge in [0.1, 0.15) is 5.75 Å². The van der Waals surface area contributed by atoms with E-state index in [0.717, 1.165) is 33.5 Å². The number of hydrogen-bond donors (Lipinski definition) is 1. The van der Waals surface area contributed by atoms with Gasteiger partial charge in [-0.05, 0) is 36.8 Å². The summed E-state index contributed by atoms with van der Waals surface area (Å²) < 4.78 is 5.20. The smallest absolute Gasteiger partial charge is 0.252 e. The minimum Gasteiger partial charge on any atom is -0.497 e. The molecule has 0 radical (unpaired) electrons. The van der Waals surface area contributed by atoms with Crippen LogP contribution in [-0.4, -0.2) is 23.0 Å². The molecule has 0 bridgehead atoms. The van der Waals surface area contributed by atoms with E-state index in [0.29, 0.717) is 5.56 Å². The molecule has 4 rings (SSSR count). The van der Waals surface area contributed by atoms with E-state index in [4.69, 9.17) is 9.72 Å². The lowest BCUT2D eigenvalue weighted by Gasteiger charge is -2.16. The van der Waals surface area contributed by atoms with E-state index >= 15 is 0 Å². The van der Waals surface area contributed by atoms with Crippen molar-refractivity contribution in [3.05, 3.63) is 90.3 Å². The predicted molar refractivity (Wildman–Crippen MR) is 114 cm³/mol. The molecule has 0 saturated heterocycles. The zero-order valence-corrected chi connectivity index (χ0v) is 16.3. The maximum atomic E-state index is 13.2. The van der Waals surface area contributed by atoms with Crippen LogP contribution < -0.4 is 10.1 Å². The molecule has 5 nitrogen and oxygen atoms in total. The summed E-state index contributed by atoms with van der Waals surface area (Å²) in [6.45, 7) is 1.96. The lowest BCUT2D eigenvalue weighted by atomic mass is 10.0. The zero-order chi connectivity index (χ0) is 20.2. The van der Waals surface area contributed by atoms with Crippen LogP contribution in [-0.2, 0) is 0 Å². The predicted octanol–water partition coefficient (Wildman–Crippen LogP) is 4.80. The maximum Gasteiger partial charge on any atom is 0.252 e. The topological polar surface area (TPSA) is 64.1 Å². The lowest BCUT2D eigenvalue weighted by Crippen LogP contribution is -2.27. The van der Waals surface area contributed by atoms with E-state index < -0.39 is 0 Å². The molecule has 5 heteroatoms. The third-order valence-electron chi connectivity index (χ3n) is 4.89. The monoisotopic (exact) mass is 383 g/mol. The standard InChI is InChI=1S/C24H21N3O2/c1-16(17-8-10-19(29-2)11-9-17)26-24(28)20-14-23(18-6-4-3-5-7-18)27-22-12-13-25-15-21(20)22/h3-16H,1-2H3,(H,26,28). The van der Waals surface area contributed by atoms with E-state index in [9.17, 15) is 4.79 Å². The normalized spacial score (nSPS) is 11.8. The highest BCUT2D eigenvalue weighted by Crippen LogP contribution is 2.25. The summed E-state index contributed by atoms with van der Waals surface area (Å²) in [5.74, 6) is 0.622. The molecule has 144 valence electrons. The van der Waals surface area contributed by atoms with Crippen molar-refractivity contribution in [1.29, 1.82) is 0 Å². The summed E-state index contributed by atoms with van der Waals surface area (Å²) in [7, 11) is 1.63. The van der Waals surface area contributed by atoms with Gasteiger partial charge in [-0.25, -0.2) is 4.98 Å². The number of carbonyl (C=O) groups excluding carboxylic acids is 1. The van der Waals surface area contributed by atoms with Crippen molar-refractivity contribution in [1.82, 2.24) is 15.3 Å². The molecule has 2 heterocycles. The SMILES string of the molecule is COc1ccc(C(C)NC(=O)c2cc(-c3ccccc3)nc3ccncc23)cc1. The van der Waals surface area contributed by atoms with Crippen LogP contribution in [0.3, 0.4) is 0 Å². The summed E-state index contributed by atoms with van der Waals surface area (Å²) in [6.07, 6.45) is 3.37. The van der Waals surface area contributed by atoms with Gasteiger partial charge in [-0.1, -0.05) is 42.5 Å². The second kappa shape index (κ2) is 8.10. The number of benzene rings is 2. The molecule has 0 saturated carbocycles. The van der Waals surface area contributed by atoms with Crippen molar-refractivity contribution in [2.24, 2.45) is 0 Å². The fourth-order valence-electron chi connectivity index (χ4n) is 3.26. The van der Waals surface area contributed by atoms with Gasteiger partial charge in [-0.2, -0.15) is 0 Å². The number of nitrogens with zero attached hydrogens (tertiary/aromatic N) is 2. The van der Waals surface area contributed by atoms with Crippen molar-refractivity contribution in [2.75, 3.05) is 7.11 Å². The quantitative estimate of drug-likeness (QED) is 0.538. The number of pyridine rings is 2. The molecule has 2 aromatic heterocycles. The first-order chi connectivity index (χ1) is 14.2. The lowest BCUT2D eigenvalue weighted by molar-refractivity contribution is 0.0941. The van der Waals surface area contributed by atoms with Crippen molar-refractivity contribution < 1.29 is 9.53 Å². The van der Waals surface area contributed by atoms with Gasteiger partial charge in [0.15, 0.2) is 0 Å². The highest BCUT2D eigenvalue weighted by atomic mass is 16.5.